The molecule has 3 aromatic rings. The average Bonchev–Trinajstić information content (AvgIpc) is 2.91. The molecule has 0 aliphatic carbocycles. The Morgan fingerprint density at radius 2 is 2.19 bits per heavy atom. The van der Waals surface area contributed by atoms with Crippen molar-refractivity contribution >= 4 is 45.4 Å². The maximum atomic E-state index is 12.0. The normalized spacial score (nSPS) is 10.7. The minimum Gasteiger partial charge on any atom is -0.383 e. The van der Waals surface area contributed by atoms with Crippen LogP contribution in [0.3, 0.4) is 0 Å². The maximum absolute atomic E-state index is 12.0. The number of nitrogens with zero attached hydrogens (tertiary/aromatic N) is 1. The smallest absolute Gasteiger partial charge is 0.261 e. The lowest BCUT2D eigenvalue weighted by atomic mass is 10.1. The monoisotopic (exact) mass is 317 g/mol. The molecule has 3 rings (SSSR count). The summed E-state index contributed by atoms with van der Waals surface area (Å²) in [4.78, 5) is 16.6. The van der Waals surface area contributed by atoms with E-state index in [0.717, 1.165) is 16.3 Å². The minimum absolute atomic E-state index is 0.124. The zero-order valence-corrected chi connectivity index (χ0v) is 12.5. The number of hydrogen-bond donors (Lipinski definition) is 2. The number of nitrogens with two attached hydrogens (primary N) is 1. The summed E-state index contributed by atoms with van der Waals surface area (Å²) in [6, 6.07) is 9.41. The van der Waals surface area contributed by atoms with Crippen LogP contribution in [0, 0.1) is 0 Å². The number of benzene rings is 1. The van der Waals surface area contributed by atoms with Gasteiger partial charge >= 0.3 is 0 Å². The van der Waals surface area contributed by atoms with Crippen molar-refractivity contribution in [3.63, 3.8) is 0 Å². The van der Waals surface area contributed by atoms with Gasteiger partial charge < -0.3 is 11.1 Å². The molecule has 3 N–H and O–H groups in total. The molecule has 0 fully saturated rings. The highest BCUT2D eigenvalue weighted by Crippen LogP contribution is 2.21. The first-order valence-electron chi connectivity index (χ1n) is 6.29. The van der Waals surface area contributed by atoms with Crippen LogP contribution in [0.2, 0.25) is 5.02 Å². The van der Waals surface area contributed by atoms with E-state index in [2.05, 4.69) is 10.3 Å². The van der Waals surface area contributed by atoms with Crippen molar-refractivity contribution in [1.82, 2.24) is 10.3 Å². The van der Waals surface area contributed by atoms with Crippen LogP contribution in [-0.4, -0.2) is 10.9 Å². The number of anilines is 1. The zero-order valence-electron chi connectivity index (χ0n) is 11.0. The molecule has 1 amide bonds. The summed E-state index contributed by atoms with van der Waals surface area (Å²) >= 11 is 7.14. The van der Waals surface area contributed by atoms with Crippen LogP contribution in [0.5, 0.6) is 0 Å². The van der Waals surface area contributed by atoms with Gasteiger partial charge in [-0.25, -0.2) is 4.98 Å². The molecule has 0 spiro atoms. The molecule has 2 aromatic heterocycles. The Balaban J connectivity index is 1.75. The SMILES string of the molecule is Nc1nccc2cc(CNC(=O)c3cc(Cl)cs3)ccc12. The van der Waals surface area contributed by atoms with Crippen molar-refractivity contribution in [2.24, 2.45) is 0 Å². The molecular formula is C15H12ClN3OS. The third-order valence-corrected chi connectivity index (χ3v) is 4.38. The Morgan fingerprint density at radius 1 is 1.33 bits per heavy atom. The van der Waals surface area contributed by atoms with E-state index in [-0.39, 0.29) is 5.91 Å². The number of nitrogen functional groups attached to an aromatic ring is 1. The van der Waals surface area contributed by atoms with Gasteiger partial charge in [0, 0.05) is 23.5 Å². The summed E-state index contributed by atoms with van der Waals surface area (Å²) in [6.07, 6.45) is 1.67. The molecule has 0 saturated carbocycles. The van der Waals surface area contributed by atoms with Crippen molar-refractivity contribution in [1.29, 1.82) is 0 Å². The van der Waals surface area contributed by atoms with E-state index in [9.17, 15) is 4.79 Å². The standard InChI is InChI=1S/C15H12ClN3OS/c16-11-6-13(21-8-11)15(20)19-7-9-1-2-12-10(5-9)3-4-18-14(12)17/h1-6,8H,7H2,(H2,17,18)(H,19,20). The molecule has 2 heterocycles. The second-order valence-electron chi connectivity index (χ2n) is 4.56. The van der Waals surface area contributed by atoms with Gasteiger partial charge in [0.1, 0.15) is 5.82 Å². The third kappa shape index (κ3) is 2.99. The van der Waals surface area contributed by atoms with Crippen molar-refractivity contribution < 1.29 is 4.79 Å². The van der Waals surface area contributed by atoms with E-state index in [0.29, 0.717) is 22.3 Å². The van der Waals surface area contributed by atoms with Gasteiger partial charge in [-0.15, -0.1) is 11.3 Å². The molecule has 0 aliphatic heterocycles. The number of halogens is 1. The van der Waals surface area contributed by atoms with Crippen LogP contribution in [-0.2, 0) is 6.54 Å². The second-order valence-corrected chi connectivity index (χ2v) is 5.91. The van der Waals surface area contributed by atoms with Crippen LogP contribution >= 0.6 is 22.9 Å². The van der Waals surface area contributed by atoms with Gasteiger partial charge in [-0.05, 0) is 29.1 Å². The lowest BCUT2D eigenvalue weighted by Gasteiger charge is -2.06. The molecule has 6 heteroatoms. The predicted molar refractivity (Wildman–Crippen MR) is 86.7 cm³/mol. The second kappa shape index (κ2) is 5.71. The topological polar surface area (TPSA) is 68.0 Å². The third-order valence-electron chi connectivity index (χ3n) is 3.10. The molecule has 0 aliphatic rings. The predicted octanol–water partition coefficient (Wildman–Crippen LogP) is 3.46. The Morgan fingerprint density at radius 3 is 2.95 bits per heavy atom. The number of amides is 1. The van der Waals surface area contributed by atoms with Gasteiger partial charge in [0.25, 0.3) is 5.91 Å². The lowest BCUT2D eigenvalue weighted by molar-refractivity contribution is 0.0955. The molecular weight excluding hydrogens is 306 g/mol. The van der Waals surface area contributed by atoms with Gasteiger partial charge in [0.05, 0.1) is 9.90 Å². The molecule has 0 bridgehead atoms. The van der Waals surface area contributed by atoms with Crippen molar-refractivity contribution in [3.8, 4) is 0 Å². The number of carbonyl (C=O) groups is 1. The minimum atomic E-state index is -0.124. The van der Waals surface area contributed by atoms with E-state index < -0.39 is 0 Å². The number of rotatable bonds is 3. The van der Waals surface area contributed by atoms with Crippen LogP contribution < -0.4 is 11.1 Å². The highest BCUT2D eigenvalue weighted by atomic mass is 35.5. The Bertz CT molecular complexity index is 816. The first kappa shape index (κ1) is 13.9. The Kier molecular flexibility index (Phi) is 3.77. The maximum Gasteiger partial charge on any atom is 0.261 e. The number of fused-ring (bicyclic) bond motifs is 1. The summed E-state index contributed by atoms with van der Waals surface area (Å²) in [6.45, 7) is 0.451. The summed E-state index contributed by atoms with van der Waals surface area (Å²) in [5, 5.41) is 7.12. The fourth-order valence-electron chi connectivity index (χ4n) is 2.06. The molecule has 106 valence electrons. The van der Waals surface area contributed by atoms with Crippen molar-refractivity contribution in [2.45, 2.75) is 6.54 Å². The van der Waals surface area contributed by atoms with Crippen LogP contribution in [0.4, 0.5) is 5.82 Å². The fourth-order valence-corrected chi connectivity index (χ4v) is 3.05. The van der Waals surface area contributed by atoms with Crippen LogP contribution in [0.15, 0.2) is 41.9 Å². The van der Waals surface area contributed by atoms with Crippen molar-refractivity contribution in [3.05, 3.63) is 57.4 Å². The van der Waals surface area contributed by atoms with E-state index >= 15 is 0 Å². The highest BCUT2D eigenvalue weighted by Gasteiger charge is 2.08. The van der Waals surface area contributed by atoms with E-state index in [4.69, 9.17) is 17.3 Å². The van der Waals surface area contributed by atoms with Gasteiger partial charge in [0.2, 0.25) is 0 Å². The molecule has 0 unspecified atom stereocenters. The number of thiophene rings is 1. The van der Waals surface area contributed by atoms with E-state index in [1.165, 1.54) is 11.3 Å². The summed E-state index contributed by atoms with van der Waals surface area (Å²) in [5.41, 5.74) is 6.82. The summed E-state index contributed by atoms with van der Waals surface area (Å²) in [7, 11) is 0. The van der Waals surface area contributed by atoms with E-state index in [1.807, 2.05) is 24.3 Å². The fraction of sp³-hybridized carbons (Fsp3) is 0.0667. The highest BCUT2D eigenvalue weighted by molar-refractivity contribution is 7.12. The molecule has 0 saturated heterocycles. The van der Waals surface area contributed by atoms with Gasteiger partial charge in [-0.3, -0.25) is 4.79 Å². The number of nitrogens with one attached hydrogen (secondary N) is 1. The molecule has 0 radical (unpaired) electrons. The Labute approximate surface area is 130 Å². The Hall–Kier alpha value is -2.11. The quantitative estimate of drug-likeness (QED) is 0.777. The van der Waals surface area contributed by atoms with Crippen LogP contribution in [0.1, 0.15) is 15.2 Å². The summed E-state index contributed by atoms with van der Waals surface area (Å²) in [5.74, 6) is 0.387. The summed E-state index contributed by atoms with van der Waals surface area (Å²) < 4.78 is 0. The number of pyridine rings is 1. The number of hydrogen-bond acceptors (Lipinski definition) is 4. The van der Waals surface area contributed by atoms with Crippen molar-refractivity contribution in [2.75, 3.05) is 5.73 Å². The zero-order chi connectivity index (χ0) is 14.8. The first-order valence-corrected chi connectivity index (χ1v) is 7.54. The largest absolute Gasteiger partial charge is 0.383 e. The number of carbonyl (C=O) groups excluding carboxylic acids is 1. The lowest BCUT2D eigenvalue weighted by Crippen LogP contribution is -2.21. The van der Waals surface area contributed by atoms with Crippen LogP contribution in [0.25, 0.3) is 10.8 Å². The number of aromatic nitrogens is 1. The van der Waals surface area contributed by atoms with Gasteiger partial charge in [-0.1, -0.05) is 23.7 Å². The molecule has 0 atom stereocenters. The van der Waals surface area contributed by atoms with E-state index in [1.54, 1.807) is 17.6 Å². The van der Waals surface area contributed by atoms with Gasteiger partial charge in [0.15, 0.2) is 0 Å². The van der Waals surface area contributed by atoms with Gasteiger partial charge in [-0.2, -0.15) is 0 Å². The molecule has 4 nitrogen and oxygen atoms in total. The average molecular weight is 318 g/mol. The molecule has 1 aromatic carbocycles. The molecule has 21 heavy (non-hydrogen) atoms. The first-order chi connectivity index (χ1) is 10.1.